The van der Waals surface area contributed by atoms with Gasteiger partial charge in [0.05, 0.1) is 24.3 Å². The van der Waals surface area contributed by atoms with Gasteiger partial charge >= 0.3 is 0 Å². The predicted octanol–water partition coefficient (Wildman–Crippen LogP) is 6.24. The van der Waals surface area contributed by atoms with Crippen molar-refractivity contribution in [1.29, 1.82) is 0 Å². The normalized spacial score (nSPS) is 10.8. The molecule has 0 atom stereocenters. The summed E-state index contributed by atoms with van der Waals surface area (Å²) in [4.78, 5) is 24.2. The minimum absolute atomic E-state index is 0.0825. The van der Waals surface area contributed by atoms with E-state index in [0.29, 0.717) is 30.7 Å². The Bertz CT molecular complexity index is 762. The van der Waals surface area contributed by atoms with E-state index < -0.39 is 0 Å². The van der Waals surface area contributed by atoms with E-state index in [1.165, 1.54) is 0 Å². The highest BCUT2D eigenvalue weighted by Gasteiger charge is 2.13. The molecule has 2 aromatic carbocycles. The summed E-state index contributed by atoms with van der Waals surface area (Å²) in [6, 6.07) is 7.04. The Labute approximate surface area is 190 Å². The third-order valence-corrected chi connectivity index (χ3v) is 6.35. The molecule has 2 aromatic rings. The molecule has 0 bridgehead atoms. The van der Waals surface area contributed by atoms with E-state index in [0.717, 1.165) is 11.1 Å². The molecule has 0 fully saturated rings. The predicted molar refractivity (Wildman–Crippen MR) is 118 cm³/mol. The van der Waals surface area contributed by atoms with Crippen LogP contribution in [0.25, 0.3) is 0 Å². The molecule has 0 spiro atoms. The maximum Gasteiger partial charge on any atom is 0.143 e. The number of carbonyl (C=O) groups excluding carboxylic acids is 2. The number of ketones is 2. The lowest BCUT2D eigenvalue weighted by atomic mass is 10.0. The van der Waals surface area contributed by atoms with Crippen LogP contribution in [0.5, 0.6) is 11.5 Å². The molecular formula is C19H16Br4O4. The number of aryl methyl sites for hydroxylation is 2. The molecule has 8 heteroatoms. The highest BCUT2D eigenvalue weighted by Crippen LogP contribution is 2.34. The van der Waals surface area contributed by atoms with Crippen LogP contribution in [0.4, 0.5) is 0 Å². The minimum atomic E-state index is -0.103. The second-order valence-electron chi connectivity index (χ2n) is 6.07. The van der Waals surface area contributed by atoms with Gasteiger partial charge in [-0.15, -0.1) is 0 Å². The minimum Gasteiger partial charge on any atom is -0.506 e. The maximum atomic E-state index is 12.1. The van der Waals surface area contributed by atoms with Crippen LogP contribution in [0, 0.1) is 0 Å². The summed E-state index contributed by atoms with van der Waals surface area (Å²) < 4.78 is 2.23. The Hall–Kier alpha value is -0.700. The molecule has 144 valence electrons. The number of hydrogen-bond acceptors (Lipinski definition) is 4. The highest BCUT2D eigenvalue weighted by atomic mass is 79.9. The van der Waals surface area contributed by atoms with Gasteiger partial charge in [-0.2, -0.15) is 0 Å². The van der Waals surface area contributed by atoms with E-state index in [1.807, 2.05) is 0 Å². The molecule has 0 saturated carbocycles. The highest BCUT2D eigenvalue weighted by molar-refractivity contribution is 9.11. The summed E-state index contributed by atoms with van der Waals surface area (Å²) in [5.41, 5.74) is 1.79. The van der Waals surface area contributed by atoms with Crippen LogP contribution in [0.1, 0.15) is 30.4 Å². The second kappa shape index (κ2) is 10.2. The van der Waals surface area contributed by atoms with Crippen molar-refractivity contribution in [3.05, 3.63) is 53.3 Å². The average Bonchev–Trinajstić information content (AvgIpc) is 2.60. The summed E-state index contributed by atoms with van der Waals surface area (Å²) in [5.74, 6) is 0.0299. The van der Waals surface area contributed by atoms with E-state index in [-0.39, 0.29) is 42.3 Å². The fourth-order valence-electron chi connectivity index (χ4n) is 2.49. The van der Waals surface area contributed by atoms with E-state index in [2.05, 4.69) is 63.7 Å². The molecule has 0 amide bonds. The molecule has 0 aliphatic heterocycles. The van der Waals surface area contributed by atoms with E-state index in [4.69, 9.17) is 0 Å². The molecule has 0 aliphatic rings. The van der Waals surface area contributed by atoms with Crippen molar-refractivity contribution in [2.24, 2.45) is 0 Å². The lowest BCUT2D eigenvalue weighted by Crippen LogP contribution is -2.09. The van der Waals surface area contributed by atoms with Gasteiger partial charge in [0.1, 0.15) is 23.1 Å². The van der Waals surface area contributed by atoms with Crippen LogP contribution >= 0.6 is 63.7 Å². The largest absolute Gasteiger partial charge is 0.506 e. The zero-order valence-corrected chi connectivity index (χ0v) is 20.4. The number of benzene rings is 2. The van der Waals surface area contributed by atoms with E-state index >= 15 is 0 Å². The van der Waals surface area contributed by atoms with Crippen molar-refractivity contribution in [2.45, 2.75) is 32.1 Å². The van der Waals surface area contributed by atoms with Gasteiger partial charge in [-0.05, 0) is 112 Å². The van der Waals surface area contributed by atoms with E-state index in [1.54, 1.807) is 24.3 Å². The topological polar surface area (TPSA) is 74.6 Å². The third kappa shape index (κ3) is 6.69. The van der Waals surface area contributed by atoms with Gasteiger partial charge in [0, 0.05) is 12.8 Å². The molecule has 0 unspecified atom stereocenters. The van der Waals surface area contributed by atoms with Gasteiger partial charge in [-0.1, -0.05) is 0 Å². The Kier molecular flexibility index (Phi) is 8.52. The average molecular weight is 628 g/mol. The first-order valence-corrected chi connectivity index (χ1v) is 11.2. The first kappa shape index (κ1) is 22.6. The Morgan fingerprint density at radius 3 is 1.26 bits per heavy atom. The SMILES string of the molecule is O=C(CCc1cc(Br)c(O)c(Br)c1)CC(=O)CCc1cc(Br)c(O)c(Br)c1. The lowest BCUT2D eigenvalue weighted by Gasteiger charge is -2.07. The summed E-state index contributed by atoms with van der Waals surface area (Å²) in [5, 5.41) is 19.4. The van der Waals surface area contributed by atoms with Gasteiger partial charge in [0.15, 0.2) is 0 Å². The maximum absolute atomic E-state index is 12.1. The number of phenols is 2. The Morgan fingerprint density at radius 2 is 0.963 bits per heavy atom. The zero-order chi connectivity index (χ0) is 20.1. The standard InChI is InChI=1S/C19H16Br4O4/c20-14-5-10(6-15(21)18(14)26)1-3-12(24)9-13(25)4-2-11-7-16(22)19(27)17(23)8-11/h5-8,26-27H,1-4,9H2. The molecule has 0 heterocycles. The number of aromatic hydroxyl groups is 2. The van der Waals surface area contributed by atoms with Crippen LogP contribution in [0.3, 0.4) is 0 Å². The summed E-state index contributed by atoms with van der Waals surface area (Å²) in [6.45, 7) is 0. The molecule has 0 aromatic heterocycles. The van der Waals surface area contributed by atoms with Gasteiger partial charge < -0.3 is 10.2 Å². The first-order chi connectivity index (χ1) is 12.7. The molecule has 0 radical (unpaired) electrons. The van der Waals surface area contributed by atoms with E-state index in [9.17, 15) is 19.8 Å². The van der Waals surface area contributed by atoms with Gasteiger partial charge in [0.2, 0.25) is 0 Å². The van der Waals surface area contributed by atoms with Crippen LogP contribution in [-0.4, -0.2) is 21.8 Å². The quantitative estimate of drug-likeness (QED) is 0.340. The molecule has 4 nitrogen and oxygen atoms in total. The van der Waals surface area contributed by atoms with Gasteiger partial charge in [0.25, 0.3) is 0 Å². The number of Topliss-reactive ketones (excluding diaryl/α,β-unsaturated/α-hetero) is 2. The van der Waals surface area contributed by atoms with Crippen LogP contribution in [-0.2, 0) is 22.4 Å². The van der Waals surface area contributed by atoms with Crippen molar-refractivity contribution < 1.29 is 19.8 Å². The molecule has 0 saturated heterocycles. The van der Waals surface area contributed by atoms with Crippen molar-refractivity contribution in [2.75, 3.05) is 0 Å². The summed E-state index contributed by atoms with van der Waals surface area (Å²) in [6.07, 6.45) is 1.46. The molecule has 0 aliphatic carbocycles. The van der Waals surface area contributed by atoms with Gasteiger partial charge in [-0.3, -0.25) is 9.59 Å². The second-order valence-corrected chi connectivity index (χ2v) is 9.49. The third-order valence-electron chi connectivity index (χ3n) is 3.93. The fourth-order valence-corrected chi connectivity index (χ4v) is 5.05. The van der Waals surface area contributed by atoms with Crippen molar-refractivity contribution in [3.8, 4) is 11.5 Å². The monoisotopic (exact) mass is 624 g/mol. The lowest BCUT2D eigenvalue weighted by molar-refractivity contribution is -0.126. The number of hydrogen-bond donors (Lipinski definition) is 2. The van der Waals surface area contributed by atoms with Crippen LogP contribution in [0.15, 0.2) is 42.2 Å². The smallest absolute Gasteiger partial charge is 0.143 e. The van der Waals surface area contributed by atoms with Crippen molar-refractivity contribution in [3.63, 3.8) is 0 Å². The van der Waals surface area contributed by atoms with Gasteiger partial charge in [-0.25, -0.2) is 0 Å². The summed E-state index contributed by atoms with van der Waals surface area (Å²) >= 11 is 13.0. The van der Waals surface area contributed by atoms with Crippen LogP contribution < -0.4 is 0 Å². The number of carbonyl (C=O) groups is 2. The molecule has 27 heavy (non-hydrogen) atoms. The molecule has 2 rings (SSSR count). The number of rotatable bonds is 8. The molecular weight excluding hydrogens is 612 g/mol. The molecule has 2 N–H and O–H groups in total. The fraction of sp³-hybridized carbons (Fsp3) is 0.263. The first-order valence-electron chi connectivity index (χ1n) is 8.04. The number of halogens is 4. The Morgan fingerprint density at radius 1 is 0.667 bits per heavy atom. The van der Waals surface area contributed by atoms with Crippen LogP contribution in [0.2, 0.25) is 0 Å². The zero-order valence-electron chi connectivity index (χ0n) is 14.1. The van der Waals surface area contributed by atoms with Crippen molar-refractivity contribution in [1.82, 2.24) is 0 Å². The summed E-state index contributed by atoms with van der Waals surface area (Å²) in [7, 11) is 0. The Balaban J connectivity index is 1.83. The van der Waals surface area contributed by atoms with Crippen molar-refractivity contribution >= 4 is 75.3 Å². The number of phenolic OH excluding ortho intramolecular Hbond substituents is 2.